The van der Waals surface area contributed by atoms with Gasteiger partial charge in [-0.15, -0.1) is 11.8 Å². The second kappa shape index (κ2) is 16.3. The molecule has 0 bridgehead atoms. The van der Waals surface area contributed by atoms with Gasteiger partial charge >= 0.3 is 0 Å². The number of rotatable bonds is 12. The summed E-state index contributed by atoms with van der Waals surface area (Å²) in [4.78, 5) is 41.0. The maximum absolute atomic E-state index is 13.7. The van der Waals surface area contributed by atoms with Crippen LogP contribution >= 0.6 is 11.8 Å². The van der Waals surface area contributed by atoms with Crippen molar-refractivity contribution in [2.24, 2.45) is 5.14 Å². The normalized spacial score (nSPS) is 12.2. The van der Waals surface area contributed by atoms with Crippen LogP contribution in [0.5, 0.6) is 0 Å². The fourth-order valence-corrected chi connectivity index (χ4v) is 6.50. The molecule has 254 valence electrons. The van der Waals surface area contributed by atoms with Crippen molar-refractivity contribution in [1.82, 2.24) is 5.32 Å². The number of benzene rings is 5. The molecule has 1 atom stereocenters. The number of amides is 3. The van der Waals surface area contributed by atoms with Gasteiger partial charge in [0, 0.05) is 21.8 Å². The van der Waals surface area contributed by atoms with E-state index in [1.165, 1.54) is 36.0 Å². The number of carbonyl (C=O) groups excluding carboxylic acids is 3. The second-order valence-corrected chi connectivity index (χ2v) is 14.4. The van der Waals surface area contributed by atoms with Crippen LogP contribution < -0.4 is 21.1 Å². The van der Waals surface area contributed by atoms with Gasteiger partial charge in [-0.25, -0.2) is 13.6 Å². The first-order chi connectivity index (χ1) is 24.0. The van der Waals surface area contributed by atoms with Crippen LogP contribution in [-0.2, 0) is 19.6 Å². The molecule has 5 aromatic rings. The first-order valence-corrected chi connectivity index (χ1v) is 18.1. The summed E-state index contributed by atoms with van der Waals surface area (Å²) in [7, 11) is -3.88. The lowest BCUT2D eigenvalue weighted by Gasteiger charge is -2.18. The third kappa shape index (κ3) is 9.79. The van der Waals surface area contributed by atoms with E-state index in [1.807, 2.05) is 66.7 Å². The van der Waals surface area contributed by atoms with Crippen molar-refractivity contribution in [3.8, 4) is 0 Å². The van der Waals surface area contributed by atoms with Crippen molar-refractivity contribution in [1.29, 1.82) is 0 Å². The number of nitrogens with two attached hydrogens (primary N) is 1. The lowest BCUT2D eigenvalue weighted by atomic mass is 10.0. The van der Waals surface area contributed by atoms with Crippen molar-refractivity contribution in [2.75, 3.05) is 10.6 Å². The van der Waals surface area contributed by atoms with Crippen LogP contribution in [0.15, 0.2) is 149 Å². The minimum absolute atomic E-state index is 0.0594. The molecule has 0 aliphatic carbocycles. The van der Waals surface area contributed by atoms with Crippen molar-refractivity contribution in [2.45, 2.75) is 34.8 Å². The summed E-state index contributed by atoms with van der Waals surface area (Å²) in [6, 6.07) is 38.3. The van der Waals surface area contributed by atoms with E-state index >= 15 is 0 Å². The van der Waals surface area contributed by atoms with Gasteiger partial charge in [0.1, 0.15) is 10.9 Å². The van der Waals surface area contributed by atoms with Crippen LogP contribution in [0.3, 0.4) is 0 Å². The molecule has 50 heavy (non-hydrogen) atoms. The van der Waals surface area contributed by atoms with Crippen LogP contribution in [0.1, 0.15) is 52.1 Å². The molecule has 0 saturated carbocycles. The number of nitrogens with one attached hydrogen (secondary N) is 3. The molecular weight excluding hydrogens is 669 g/mol. The molecule has 3 amide bonds. The summed E-state index contributed by atoms with van der Waals surface area (Å²) in [6.45, 7) is 4.20. The first kappa shape index (κ1) is 35.8. The molecule has 11 heteroatoms. The predicted molar refractivity (Wildman–Crippen MR) is 199 cm³/mol. The third-order valence-electron chi connectivity index (χ3n) is 7.58. The van der Waals surface area contributed by atoms with E-state index in [0.717, 1.165) is 16.7 Å². The van der Waals surface area contributed by atoms with E-state index in [2.05, 4.69) is 29.8 Å². The molecule has 0 heterocycles. The van der Waals surface area contributed by atoms with Gasteiger partial charge in [0.15, 0.2) is 0 Å². The third-order valence-corrected chi connectivity index (χ3v) is 9.76. The van der Waals surface area contributed by atoms with E-state index < -0.39 is 27.1 Å². The van der Waals surface area contributed by atoms with Crippen molar-refractivity contribution in [3.63, 3.8) is 0 Å². The topological polar surface area (TPSA) is 147 Å². The van der Waals surface area contributed by atoms with E-state index in [-0.39, 0.29) is 16.5 Å². The Morgan fingerprint density at radius 1 is 0.700 bits per heavy atom. The van der Waals surface area contributed by atoms with Gasteiger partial charge in [0.05, 0.1) is 4.90 Å². The Bertz CT molecular complexity index is 2100. The monoisotopic (exact) mass is 704 g/mol. The summed E-state index contributed by atoms with van der Waals surface area (Å²) >= 11 is 1.28. The van der Waals surface area contributed by atoms with Crippen molar-refractivity contribution >= 4 is 57.0 Å². The van der Waals surface area contributed by atoms with Gasteiger partial charge in [-0.2, -0.15) is 0 Å². The Morgan fingerprint density at radius 2 is 1.34 bits per heavy atom. The summed E-state index contributed by atoms with van der Waals surface area (Å²) < 4.78 is 23.3. The minimum atomic E-state index is -3.88. The Labute approximate surface area is 296 Å². The molecule has 0 spiro atoms. The van der Waals surface area contributed by atoms with Crippen LogP contribution in [0.4, 0.5) is 11.4 Å². The number of hydrogen-bond donors (Lipinski definition) is 4. The molecule has 5 aromatic carbocycles. The number of primary sulfonamides is 1. The molecule has 0 radical (unpaired) electrons. The quantitative estimate of drug-likeness (QED) is 0.0790. The van der Waals surface area contributed by atoms with Crippen LogP contribution in [0.2, 0.25) is 0 Å². The summed E-state index contributed by atoms with van der Waals surface area (Å²) in [5.74, 6) is -0.942. The standard InChI is InChI=1S/C39H36N4O5S2/c1-26(2)28-18-16-27(17-19-28)24-35(43-37(44)30-12-7-4-8-13-30)38(45)42-32-14-9-15-33(25-32)49-36(29-10-5-3-6-11-29)39(46)41-31-20-22-34(23-21-31)50(40,47)48/h3-26,36H,1-2H3,(H,41,46)(H,42,45)(H,43,44)(H2,40,47,48)/b35-24+. The number of hydrogen-bond acceptors (Lipinski definition) is 6. The van der Waals surface area contributed by atoms with Crippen LogP contribution in [0.25, 0.3) is 6.08 Å². The number of anilines is 2. The Balaban J connectivity index is 1.37. The van der Waals surface area contributed by atoms with Gasteiger partial charge in [-0.1, -0.05) is 92.7 Å². The minimum Gasteiger partial charge on any atom is -0.325 e. The van der Waals surface area contributed by atoms with Crippen molar-refractivity contribution < 1.29 is 22.8 Å². The van der Waals surface area contributed by atoms with Gasteiger partial charge in [0.2, 0.25) is 15.9 Å². The Morgan fingerprint density at radius 3 is 1.96 bits per heavy atom. The van der Waals surface area contributed by atoms with Crippen LogP contribution in [0, 0.1) is 0 Å². The van der Waals surface area contributed by atoms with E-state index in [9.17, 15) is 22.8 Å². The molecule has 5 rings (SSSR count). The predicted octanol–water partition coefficient (Wildman–Crippen LogP) is 7.34. The Hall–Kier alpha value is -5.49. The highest BCUT2D eigenvalue weighted by molar-refractivity contribution is 8.00. The average Bonchev–Trinajstić information content (AvgIpc) is 3.11. The summed E-state index contributed by atoms with van der Waals surface area (Å²) in [5.41, 5.74) is 3.96. The lowest BCUT2D eigenvalue weighted by molar-refractivity contribution is -0.116. The molecule has 0 fully saturated rings. The van der Waals surface area contributed by atoms with Crippen molar-refractivity contribution in [3.05, 3.63) is 161 Å². The first-order valence-electron chi connectivity index (χ1n) is 15.7. The van der Waals surface area contributed by atoms with Gasteiger partial charge < -0.3 is 16.0 Å². The number of carbonyl (C=O) groups is 3. The maximum Gasteiger partial charge on any atom is 0.272 e. The van der Waals surface area contributed by atoms with Gasteiger partial charge in [0.25, 0.3) is 11.8 Å². The number of thioether (sulfide) groups is 1. The molecule has 0 aliphatic heterocycles. The Kier molecular flexibility index (Phi) is 11.7. The zero-order valence-corrected chi connectivity index (χ0v) is 29.0. The zero-order valence-electron chi connectivity index (χ0n) is 27.4. The molecule has 0 saturated heterocycles. The lowest BCUT2D eigenvalue weighted by Crippen LogP contribution is -2.30. The summed E-state index contributed by atoms with van der Waals surface area (Å²) in [5, 5.41) is 13.0. The SMILES string of the molecule is CC(C)c1ccc(/C=C(/NC(=O)c2ccccc2)C(=O)Nc2cccc(SC(C(=O)Nc3ccc(S(N)(=O)=O)cc3)c3ccccc3)c2)cc1. The molecule has 9 nitrogen and oxygen atoms in total. The zero-order chi connectivity index (χ0) is 35.7. The van der Waals surface area contributed by atoms with Gasteiger partial charge in [-0.05, 0) is 83.3 Å². The maximum atomic E-state index is 13.7. The summed E-state index contributed by atoms with van der Waals surface area (Å²) in [6.07, 6.45) is 1.63. The smallest absolute Gasteiger partial charge is 0.272 e. The van der Waals surface area contributed by atoms with E-state index in [0.29, 0.717) is 27.8 Å². The van der Waals surface area contributed by atoms with E-state index in [4.69, 9.17) is 5.14 Å². The highest BCUT2D eigenvalue weighted by Crippen LogP contribution is 2.37. The highest BCUT2D eigenvalue weighted by Gasteiger charge is 2.23. The molecule has 0 aliphatic rings. The molecule has 1 unspecified atom stereocenters. The fraction of sp³-hybridized carbons (Fsp3) is 0.103. The molecule has 0 aromatic heterocycles. The van der Waals surface area contributed by atoms with Gasteiger partial charge in [-0.3, -0.25) is 14.4 Å². The van der Waals surface area contributed by atoms with E-state index in [1.54, 1.807) is 48.5 Å². The van der Waals surface area contributed by atoms with Crippen LogP contribution in [-0.4, -0.2) is 26.1 Å². The second-order valence-electron chi connectivity index (χ2n) is 11.6. The number of sulfonamides is 1. The largest absolute Gasteiger partial charge is 0.325 e. The highest BCUT2D eigenvalue weighted by atomic mass is 32.2. The average molecular weight is 705 g/mol. The molecular formula is C39H36N4O5S2. The fourth-order valence-electron chi connectivity index (χ4n) is 4.90. The molecule has 5 N–H and O–H groups in total.